The van der Waals surface area contributed by atoms with Crippen molar-refractivity contribution in [1.82, 2.24) is 5.32 Å². The minimum atomic E-state index is -1.14. The summed E-state index contributed by atoms with van der Waals surface area (Å²) < 4.78 is 10.9. The molecule has 1 heterocycles. The molecule has 0 unspecified atom stereocenters. The first kappa shape index (κ1) is 22.5. The van der Waals surface area contributed by atoms with E-state index in [-0.39, 0.29) is 23.7 Å². The number of rotatable bonds is 7. The quantitative estimate of drug-likeness (QED) is 0.503. The van der Waals surface area contributed by atoms with Crippen molar-refractivity contribution in [2.45, 2.75) is 26.9 Å². The minimum absolute atomic E-state index is 0.208. The number of carbonyl (C=O) groups excluding carboxylic acids is 3. The predicted molar refractivity (Wildman–Crippen MR) is 116 cm³/mol. The molecule has 0 aromatic heterocycles. The number of carboxylic acids is 1. The lowest BCUT2D eigenvalue weighted by Gasteiger charge is -2.26. The predicted octanol–water partition coefficient (Wildman–Crippen LogP) is 2.91. The SMILES string of the molecule is CCOc1cc(/C=C2/C(=O)NC(=O)N(c3ccc(C)cc3)C2=O)ccc1O[C@@H](C)C(=O)O. The number of hydrogen-bond acceptors (Lipinski definition) is 6. The van der Waals surface area contributed by atoms with Gasteiger partial charge in [-0.05, 0) is 56.7 Å². The van der Waals surface area contributed by atoms with E-state index in [2.05, 4.69) is 5.32 Å². The lowest BCUT2D eigenvalue weighted by molar-refractivity contribution is -0.144. The maximum absolute atomic E-state index is 13.0. The van der Waals surface area contributed by atoms with Gasteiger partial charge in [-0.1, -0.05) is 23.8 Å². The Morgan fingerprint density at radius 1 is 1.12 bits per heavy atom. The van der Waals surface area contributed by atoms with Gasteiger partial charge in [0.25, 0.3) is 11.8 Å². The number of ether oxygens (including phenoxy) is 2. The van der Waals surface area contributed by atoms with Crippen LogP contribution >= 0.6 is 0 Å². The highest BCUT2D eigenvalue weighted by atomic mass is 16.5. The second kappa shape index (κ2) is 9.34. The fourth-order valence-corrected chi connectivity index (χ4v) is 2.97. The molecule has 166 valence electrons. The van der Waals surface area contributed by atoms with Crippen LogP contribution < -0.4 is 19.7 Å². The van der Waals surface area contributed by atoms with Crippen LogP contribution in [0.5, 0.6) is 11.5 Å². The highest BCUT2D eigenvalue weighted by molar-refractivity contribution is 6.39. The maximum Gasteiger partial charge on any atom is 0.344 e. The van der Waals surface area contributed by atoms with Crippen LogP contribution in [0.15, 0.2) is 48.0 Å². The van der Waals surface area contributed by atoms with Crippen molar-refractivity contribution >= 4 is 35.6 Å². The highest BCUT2D eigenvalue weighted by Gasteiger charge is 2.36. The van der Waals surface area contributed by atoms with E-state index < -0.39 is 29.9 Å². The largest absolute Gasteiger partial charge is 0.490 e. The van der Waals surface area contributed by atoms with E-state index in [0.717, 1.165) is 10.5 Å². The highest BCUT2D eigenvalue weighted by Crippen LogP contribution is 2.31. The molecule has 4 amide bonds. The summed E-state index contributed by atoms with van der Waals surface area (Å²) >= 11 is 0. The van der Waals surface area contributed by atoms with Crippen molar-refractivity contribution in [2.75, 3.05) is 11.5 Å². The summed E-state index contributed by atoms with van der Waals surface area (Å²) in [7, 11) is 0. The summed E-state index contributed by atoms with van der Waals surface area (Å²) in [6, 6.07) is 10.5. The fourth-order valence-electron chi connectivity index (χ4n) is 2.97. The van der Waals surface area contributed by atoms with Crippen molar-refractivity contribution in [3.8, 4) is 11.5 Å². The molecule has 1 atom stereocenters. The smallest absolute Gasteiger partial charge is 0.344 e. The zero-order chi connectivity index (χ0) is 23.4. The van der Waals surface area contributed by atoms with E-state index in [1.54, 1.807) is 37.3 Å². The van der Waals surface area contributed by atoms with Gasteiger partial charge in [0.15, 0.2) is 17.6 Å². The molecule has 1 aliphatic heterocycles. The third kappa shape index (κ3) is 4.77. The van der Waals surface area contributed by atoms with E-state index in [1.165, 1.54) is 25.1 Å². The normalized spacial score (nSPS) is 16.0. The van der Waals surface area contributed by atoms with Crippen molar-refractivity contribution in [2.24, 2.45) is 0 Å². The molecule has 32 heavy (non-hydrogen) atoms. The number of anilines is 1. The number of carbonyl (C=O) groups is 4. The van der Waals surface area contributed by atoms with Gasteiger partial charge < -0.3 is 14.6 Å². The Bertz CT molecular complexity index is 1110. The van der Waals surface area contributed by atoms with Gasteiger partial charge in [0.2, 0.25) is 0 Å². The van der Waals surface area contributed by atoms with Crippen LogP contribution in [-0.2, 0) is 14.4 Å². The number of barbiturate groups is 1. The first-order valence-corrected chi connectivity index (χ1v) is 9.85. The molecule has 0 radical (unpaired) electrons. The second-order valence-corrected chi connectivity index (χ2v) is 7.03. The van der Waals surface area contributed by atoms with Gasteiger partial charge in [-0.15, -0.1) is 0 Å². The van der Waals surface area contributed by atoms with E-state index >= 15 is 0 Å². The Balaban J connectivity index is 1.96. The number of imide groups is 2. The average molecular weight is 438 g/mol. The number of aliphatic carboxylic acids is 1. The molecule has 2 aromatic rings. The van der Waals surface area contributed by atoms with Crippen molar-refractivity contribution < 1.29 is 33.8 Å². The fraction of sp³-hybridized carbons (Fsp3) is 0.217. The number of hydrogen-bond donors (Lipinski definition) is 2. The number of amides is 4. The minimum Gasteiger partial charge on any atom is -0.490 e. The topological polar surface area (TPSA) is 122 Å². The summed E-state index contributed by atoms with van der Waals surface area (Å²) in [4.78, 5) is 49.6. The Hall–Kier alpha value is -4.14. The van der Waals surface area contributed by atoms with Gasteiger partial charge in [-0.25, -0.2) is 14.5 Å². The molecule has 0 aliphatic carbocycles. The number of urea groups is 1. The Morgan fingerprint density at radius 3 is 2.44 bits per heavy atom. The van der Waals surface area contributed by atoms with Crippen molar-refractivity contribution in [3.05, 3.63) is 59.2 Å². The van der Waals surface area contributed by atoms with Gasteiger partial charge in [-0.3, -0.25) is 14.9 Å². The van der Waals surface area contributed by atoms with Crippen LogP contribution in [0.2, 0.25) is 0 Å². The number of aryl methyl sites for hydroxylation is 1. The van der Waals surface area contributed by atoms with Gasteiger partial charge in [-0.2, -0.15) is 0 Å². The first-order chi connectivity index (χ1) is 15.2. The molecule has 9 heteroatoms. The number of benzene rings is 2. The summed E-state index contributed by atoms with van der Waals surface area (Å²) in [6.07, 6.45) is 0.233. The molecule has 1 saturated heterocycles. The molecule has 3 rings (SSSR count). The molecule has 1 aliphatic rings. The summed E-state index contributed by atoms with van der Waals surface area (Å²) in [5, 5.41) is 11.2. The molecule has 2 N–H and O–H groups in total. The number of nitrogens with zero attached hydrogens (tertiary/aromatic N) is 1. The molecular weight excluding hydrogens is 416 g/mol. The third-order valence-corrected chi connectivity index (χ3v) is 4.62. The Morgan fingerprint density at radius 2 is 1.81 bits per heavy atom. The summed E-state index contributed by atoms with van der Waals surface area (Å²) in [5.74, 6) is -2.25. The lowest BCUT2D eigenvalue weighted by Crippen LogP contribution is -2.54. The van der Waals surface area contributed by atoms with E-state index in [0.29, 0.717) is 11.3 Å². The summed E-state index contributed by atoms with van der Waals surface area (Å²) in [6.45, 7) is 5.29. The molecule has 0 saturated carbocycles. The number of carboxylic acid groups (broad SMARTS) is 1. The van der Waals surface area contributed by atoms with Crippen LogP contribution in [-0.4, -0.2) is 41.6 Å². The molecular formula is C23H22N2O7. The van der Waals surface area contributed by atoms with Crippen LogP contribution in [0, 0.1) is 6.92 Å². The summed E-state index contributed by atoms with van der Waals surface area (Å²) in [5.41, 5.74) is 1.48. The van der Waals surface area contributed by atoms with Gasteiger partial charge in [0, 0.05) is 0 Å². The van der Waals surface area contributed by atoms with Crippen LogP contribution in [0.3, 0.4) is 0 Å². The zero-order valence-electron chi connectivity index (χ0n) is 17.7. The molecule has 9 nitrogen and oxygen atoms in total. The molecule has 2 aromatic carbocycles. The first-order valence-electron chi connectivity index (χ1n) is 9.85. The van der Waals surface area contributed by atoms with Gasteiger partial charge in [0.1, 0.15) is 5.57 Å². The zero-order valence-corrected chi connectivity index (χ0v) is 17.7. The Labute approximate surface area is 184 Å². The third-order valence-electron chi connectivity index (χ3n) is 4.62. The molecule has 0 bridgehead atoms. The molecule has 0 spiro atoms. The second-order valence-electron chi connectivity index (χ2n) is 7.03. The number of nitrogens with one attached hydrogen (secondary N) is 1. The van der Waals surface area contributed by atoms with Crippen LogP contribution in [0.4, 0.5) is 10.5 Å². The van der Waals surface area contributed by atoms with Crippen molar-refractivity contribution in [1.29, 1.82) is 0 Å². The van der Waals surface area contributed by atoms with E-state index in [1.807, 2.05) is 6.92 Å². The standard InChI is InChI=1S/C23H22N2O7/c1-4-31-19-12-15(7-10-18(19)32-14(3)22(28)29)11-17-20(26)24-23(30)25(21(17)27)16-8-5-13(2)6-9-16/h5-12,14H,4H2,1-3H3,(H,28,29)(H,24,26,30)/b17-11-/t14-/m0/s1. The monoisotopic (exact) mass is 438 g/mol. The average Bonchev–Trinajstić information content (AvgIpc) is 2.74. The van der Waals surface area contributed by atoms with Crippen molar-refractivity contribution in [3.63, 3.8) is 0 Å². The lowest BCUT2D eigenvalue weighted by atomic mass is 10.1. The van der Waals surface area contributed by atoms with E-state index in [4.69, 9.17) is 14.6 Å². The Kier molecular flexibility index (Phi) is 6.58. The molecule has 1 fully saturated rings. The van der Waals surface area contributed by atoms with Gasteiger partial charge >= 0.3 is 12.0 Å². The maximum atomic E-state index is 13.0. The van der Waals surface area contributed by atoms with Crippen LogP contribution in [0.1, 0.15) is 25.0 Å². The van der Waals surface area contributed by atoms with Gasteiger partial charge in [0.05, 0.1) is 12.3 Å². The van der Waals surface area contributed by atoms with Crippen LogP contribution in [0.25, 0.3) is 6.08 Å². The van der Waals surface area contributed by atoms with E-state index in [9.17, 15) is 19.2 Å².